The van der Waals surface area contributed by atoms with E-state index in [2.05, 4.69) is 25.3 Å². The number of aliphatic hydroxyl groups is 1. The first-order chi connectivity index (χ1) is 14.6. The van der Waals surface area contributed by atoms with Gasteiger partial charge in [0.15, 0.2) is 17.3 Å². The van der Waals surface area contributed by atoms with E-state index in [9.17, 15) is 5.11 Å². The molecule has 3 aromatic rings. The molecule has 2 N–H and O–H groups in total. The zero-order valence-electron chi connectivity index (χ0n) is 17.0. The van der Waals surface area contributed by atoms with Gasteiger partial charge in [-0.25, -0.2) is 4.85 Å². The summed E-state index contributed by atoms with van der Waals surface area (Å²) in [6.45, 7) is 8.78. The maximum Gasteiger partial charge on any atom is 0.188 e. The number of nitrogens with one attached hydrogen (secondary N) is 1. The second kappa shape index (κ2) is 10.0. The van der Waals surface area contributed by atoms with Crippen molar-refractivity contribution >= 4 is 52.1 Å². The van der Waals surface area contributed by atoms with Crippen molar-refractivity contribution < 1.29 is 9.84 Å². The standard InChI is InChI=1S/C22H22ClN5O2.ClH/c1-24-15-6-7-17-18(11-15)21(25-12-14-5-8-20(30-2)19(23)10-14)26-27-22(17)28-9-3-4-16(28)13-29;/h5-8,10-11,16,29H,3-4,9,12-13H2,2H3,(H,25,26);1H/t16-;/m0./s1. The summed E-state index contributed by atoms with van der Waals surface area (Å²) in [6, 6.07) is 11.2. The fraction of sp³-hybridized carbons (Fsp3) is 0.318. The molecule has 162 valence electrons. The molecule has 1 aliphatic heterocycles. The second-order valence-corrected chi connectivity index (χ2v) is 7.62. The lowest BCUT2D eigenvalue weighted by molar-refractivity contribution is 0.266. The molecule has 1 fully saturated rings. The van der Waals surface area contributed by atoms with Gasteiger partial charge < -0.3 is 20.1 Å². The molecule has 0 spiro atoms. The highest BCUT2D eigenvalue weighted by molar-refractivity contribution is 6.32. The summed E-state index contributed by atoms with van der Waals surface area (Å²) in [6.07, 6.45) is 1.94. The lowest BCUT2D eigenvalue weighted by atomic mass is 10.1. The van der Waals surface area contributed by atoms with Crippen molar-refractivity contribution in [3.8, 4) is 5.75 Å². The van der Waals surface area contributed by atoms with Crippen LogP contribution in [0.4, 0.5) is 17.3 Å². The van der Waals surface area contributed by atoms with E-state index in [0.717, 1.165) is 41.5 Å². The minimum Gasteiger partial charge on any atom is -0.495 e. The first kappa shape index (κ1) is 22.9. The van der Waals surface area contributed by atoms with E-state index in [4.69, 9.17) is 22.9 Å². The maximum atomic E-state index is 9.71. The molecule has 1 saturated heterocycles. The predicted molar refractivity (Wildman–Crippen MR) is 126 cm³/mol. The molecule has 0 saturated carbocycles. The third kappa shape index (κ3) is 4.62. The molecular formula is C22H23Cl2N5O2. The third-order valence-electron chi connectivity index (χ3n) is 5.41. The van der Waals surface area contributed by atoms with E-state index in [-0.39, 0.29) is 25.1 Å². The molecule has 31 heavy (non-hydrogen) atoms. The molecule has 7 nitrogen and oxygen atoms in total. The largest absolute Gasteiger partial charge is 0.495 e. The van der Waals surface area contributed by atoms with Gasteiger partial charge >= 0.3 is 0 Å². The highest BCUT2D eigenvalue weighted by atomic mass is 35.5. The van der Waals surface area contributed by atoms with Crippen LogP contribution in [0.2, 0.25) is 5.02 Å². The fourth-order valence-corrected chi connectivity index (χ4v) is 4.13. The number of fused-ring (bicyclic) bond motifs is 1. The number of hydrogen-bond acceptors (Lipinski definition) is 6. The van der Waals surface area contributed by atoms with E-state index in [1.165, 1.54) is 0 Å². The van der Waals surface area contributed by atoms with Gasteiger partial charge in [-0.3, -0.25) is 0 Å². The average Bonchev–Trinajstić information content (AvgIpc) is 3.25. The highest BCUT2D eigenvalue weighted by Crippen LogP contribution is 2.35. The molecule has 0 amide bonds. The molecule has 2 aromatic carbocycles. The van der Waals surface area contributed by atoms with E-state index in [1.54, 1.807) is 13.2 Å². The van der Waals surface area contributed by atoms with E-state index >= 15 is 0 Å². The van der Waals surface area contributed by atoms with Crippen LogP contribution in [0.15, 0.2) is 36.4 Å². The number of methoxy groups -OCH3 is 1. The van der Waals surface area contributed by atoms with Gasteiger partial charge in [0.1, 0.15) is 5.75 Å². The summed E-state index contributed by atoms with van der Waals surface area (Å²) in [4.78, 5) is 5.67. The number of aromatic nitrogens is 2. The topological polar surface area (TPSA) is 74.9 Å². The zero-order valence-corrected chi connectivity index (χ0v) is 18.6. The number of anilines is 2. The Morgan fingerprint density at radius 2 is 2.10 bits per heavy atom. The average molecular weight is 460 g/mol. The number of nitrogens with zero attached hydrogens (tertiary/aromatic N) is 4. The first-order valence-electron chi connectivity index (χ1n) is 9.76. The molecule has 1 aromatic heterocycles. The second-order valence-electron chi connectivity index (χ2n) is 7.21. The molecule has 1 atom stereocenters. The van der Waals surface area contributed by atoms with Gasteiger partial charge in [0.05, 0.1) is 31.4 Å². The van der Waals surface area contributed by atoms with E-state index in [1.807, 2.05) is 30.3 Å². The monoisotopic (exact) mass is 459 g/mol. The molecule has 4 rings (SSSR count). The summed E-state index contributed by atoms with van der Waals surface area (Å²) in [7, 11) is 1.58. The van der Waals surface area contributed by atoms with Gasteiger partial charge in [0, 0.05) is 23.9 Å². The van der Waals surface area contributed by atoms with Crippen LogP contribution in [-0.4, -0.2) is 41.6 Å². The van der Waals surface area contributed by atoms with Crippen molar-refractivity contribution in [1.29, 1.82) is 0 Å². The minimum absolute atomic E-state index is 0. The van der Waals surface area contributed by atoms with Crippen LogP contribution in [0.25, 0.3) is 15.6 Å². The Bertz CT molecular complexity index is 1120. The van der Waals surface area contributed by atoms with Crippen molar-refractivity contribution in [1.82, 2.24) is 10.2 Å². The van der Waals surface area contributed by atoms with Crippen molar-refractivity contribution in [3.05, 3.63) is 58.4 Å². The molecule has 2 heterocycles. The zero-order chi connectivity index (χ0) is 21.1. The van der Waals surface area contributed by atoms with Crippen molar-refractivity contribution in [2.45, 2.75) is 25.4 Å². The number of aliphatic hydroxyl groups excluding tert-OH is 1. The highest BCUT2D eigenvalue weighted by Gasteiger charge is 2.27. The Kier molecular flexibility index (Phi) is 7.39. The van der Waals surface area contributed by atoms with Crippen LogP contribution in [-0.2, 0) is 6.54 Å². The Balaban J connectivity index is 0.00000272. The van der Waals surface area contributed by atoms with Crippen LogP contribution in [0.3, 0.4) is 0 Å². The van der Waals surface area contributed by atoms with Gasteiger partial charge in [0.25, 0.3) is 0 Å². The molecule has 0 unspecified atom stereocenters. The summed E-state index contributed by atoms with van der Waals surface area (Å²) in [5, 5.41) is 24.2. The van der Waals surface area contributed by atoms with Crippen LogP contribution in [0, 0.1) is 6.57 Å². The number of benzene rings is 2. The first-order valence-corrected chi connectivity index (χ1v) is 10.1. The Hall–Kier alpha value is -2.79. The van der Waals surface area contributed by atoms with Crippen LogP contribution < -0.4 is 15.0 Å². The molecule has 0 radical (unpaired) electrons. The quantitative estimate of drug-likeness (QED) is 0.513. The third-order valence-corrected chi connectivity index (χ3v) is 5.70. The summed E-state index contributed by atoms with van der Waals surface area (Å²) in [5.41, 5.74) is 1.51. The summed E-state index contributed by atoms with van der Waals surface area (Å²) in [5.74, 6) is 1.97. The Morgan fingerprint density at radius 1 is 1.26 bits per heavy atom. The minimum atomic E-state index is 0. The Morgan fingerprint density at radius 3 is 2.81 bits per heavy atom. The molecule has 9 heteroatoms. The SMILES string of the molecule is Cl.[C-]#[N+]c1ccc2c(N3CCC[C@H]3CO)nnc(NCc3ccc(OC)c(Cl)c3)c2c1. The predicted octanol–water partition coefficient (Wildman–Crippen LogP) is 4.84. The number of halogens is 2. The van der Waals surface area contributed by atoms with Gasteiger partial charge in [-0.15, -0.1) is 22.6 Å². The van der Waals surface area contributed by atoms with E-state index in [0.29, 0.717) is 28.8 Å². The summed E-state index contributed by atoms with van der Waals surface area (Å²) >= 11 is 6.23. The van der Waals surface area contributed by atoms with Gasteiger partial charge in [-0.05, 0) is 36.6 Å². The number of ether oxygens (including phenoxy) is 1. The van der Waals surface area contributed by atoms with Gasteiger partial charge in [0.2, 0.25) is 0 Å². The Labute approximate surface area is 192 Å². The van der Waals surface area contributed by atoms with Crippen molar-refractivity contribution in [2.24, 2.45) is 0 Å². The maximum absolute atomic E-state index is 9.71. The molecular weight excluding hydrogens is 437 g/mol. The lowest BCUT2D eigenvalue weighted by Gasteiger charge is -2.25. The summed E-state index contributed by atoms with van der Waals surface area (Å²) < 4.78 is 5.20. The smallest absolute Gasteiger partial charge is 0.188 e. The lowest BCUT2D eigenvalue weighted by Crippen LogP contribution is -2.33. The fourth-order valence-electron chi connectivity index (χ4n) is 3.85. The molecule has 1 aliphatic rings. The van der Waals surface area contributed by atoms with Gasteiger partial charge in [-0.2, -0.15) is 0 Å². The van der Waals surface area contributed by atoms with Crippen molar-refractivity contribution in [3.63, 3.8) is 0 Å². The van der Waals surface area contributed by atoms with Crippen LogP contribution >= 0.6 is 24.0 Å². The van der Waals surface area contributed by atoms with Crippen LogP contribution in [0.1, 0.15) is 18.4 Å². The normalized spacial score (nSPS) is 15.4. The number of hydrogen-bond donors (Lipinski definition) is 2. The molecule has 0 bridgehead atoms. The van der Waals surface area contributed by atoms with Crippen molar-refractivity contribution in [2.75, 3.05) is 30.5 Å². The van der Waals surface area contributed by atoms with Gasteiger partial charge in [-0.1, -0.05) is 29.8 Å². The van der Waals surface area contributed by atoms with E-state index < -0.39 is 0 Å². The van der Waals surface area contributed by atoms with Crippen LogP contribution in [0.5, 0.6) is 5.75 Å². The number of rotatable bonds is 6. The molecule has 0 aliphatic carbocycles.